The van der Waals surface area contributed by atoms with Crippen molar-refractivity contribution in [3.63, 3.8) is 0 Å². The van der Waals surface area contributed by atoms with Crippen LogP contribution in [0, 0.1) is 4.77 Å². The summed E-state index contributed by atoms with van der Waals surface area (Å²) in [6, 6.07) is 14.1. The van der Waals surface area contributed by atoms with Gasteiger partial charge in [-0.3, -0.25) is 24.2 Å². The number of urea groups is 1. The molecule has 4 amide bonds. The highest BCUT2D eigenvalue weighted by Gasteiger charge is 2.28. The molecule has 176 valence electrons. The van der Waals surface area contributed by atoms with Gasteiger partial charge in [-0.05, 0) is 61.1 Å². The van der Waals surface area contributed by atoms with Crippen molar-refractivity contribution in [2.75, 3.05) is 18.5 Å². The van der Waals surface area contributed by atoms with Gasteiger partial charge in [-0.2, -0.15) is 5.10 Å². The number of amides is 4. The summed E-state index contributed by atoms with van der Waals surface area (Å²) in [7, 11) is 0. The molecule has 1 aliphatic heterocycles. The zero-order valence-electron chi connectivity index (χ0n) is 18.5. The van der Waals surface area contributed by atoms with E-state index < -0.39 is 6.03 Å². The molecule has 2 aromatic carbocycles. The number of rotatable bonds is 9. The summed E-state index contributed by atoms with van der Waals surface area (Å²) in [6.45, 7) is 3.00. The van der Waals surface area contributed by atoms with Crippen molar-refractivity contribution in [2.24, 2.45) is 0 Å². The first-order chi connectivity index (χ1) is 16.4. The van der Waals surface area contributed by atoms with Crippen LogP contribution in [0.3, 0.4) is 0 Å². The fraction of sp³-hybridized carbons (Fsp3) is 0.261. The van der Waals surface area contributed by atoms with Gasteiger partial charge in [0, 0.05) is 24.2 Å². The highest BCUT2D eigenvalue weighted by Crippen LogP contribution is 2.22. The first kappa shape index (κ1) is 23.2. The maximum Gasteiger partial charge on any atom is 0.324 e. The van der Waals surface area contributed by atoms with Gasteiger partial charge in [0.1, 0.15) is 5.75 Å². The molecule has 0 bridgehead atoms. The molecule has 0 unspecified atom stereocenters. The summed E-state index contributed by atoms with van der Waals surface area (Å²) in [5.74, 6) is 0.923. The number of anilines is 1. The second-order valence-corrected chi connectivity index (χ2v) is 7.99. The summed E-state index contributed by atoms with van der Waals surface area (Å²) in [5, 5.41) is 12.4. The lowest BCUT2D eigenvalue weighted by Gasteiger charge is -2.13. The lowest BCUT2D eigenvalue weighted by atomic mass is 10.2. The molecule has 1 fully saturated rings. The molecule has 0 radical (unpaired) electrons. The molecule has 0 saturated carbocycles. The fourth-order valence-corrected chi connectivity index (χ4v) is 3.82. The number of benzene rings is 2. The number of nitrogens with one attached hydrogen (secondary N) is 3. The number of imide groups is 1. The molecule has 1 aromatic heterocycles. The lowest BCUT2D eigenvalue weighted by Crippen LogP contribution is -2.30. The van der Waals surface area contributed by atoms with Crippen LogP contribution in [-0.4, -0.2) is 50.7 Å². The molecule has 0 aliphatic carbocycles. The van der Waals surface area contributed by atoms with E-state index in [0.29, 0.717) is 29.4 Å². The zero-order chi connectivity index (χ0) is 24.1. The molecule has 2 heterocycles. The Bertz CT molecular complexity index is 1250. The van der Waals surface area contributed by atoms with Gasteiger partial charge in [-0.1, -0.05) is 12.1 Å². The second kappa shape index (κ2) is 10.3. The van der Waals surface area contributed by atoms with Gasteiger partial charge in [0.15, 0.2) is 10.6 Å². The Morgan fingerprint density at radius 2 is 2.00 bits per heavy atom. The number of hydrogen-bond acceptors (Lipinski definition) is 6. The van der Waals surface area contributed by atoms with Crippen molar-refractivity contribution in [1.29, 1.82) is 0 Å². The molecule has 0 atom stereocenters. The normalized spacial score (nSPS) is 13.1. The van der Waals surface area contributed by atoms with Gasteiger partial charge in [0.2, 0.25) is 11.8 Å². The minimum atomic E-state index is -0.417. The molecule has 1 aliphatic rings. The van der Waals surface area contributed by atoms with Gasteiger partial charge >= 0.3 is 6.03 Å². The van der Waals surface area contributed by atoms with Crippen LogP contribution in [0.2, 0.25) is 0 Å². The van der Waals surface area contributed by atoms with Crippen LogP contribution in [0.1, 0.15) is 18.9 Å². The van der Waals surface area contributed by atoms with Gasteiger partial charge in [0.25, 0.3) is 0 Å². The summed E-state index contributed by atoms with van der Waals surface area (Å²) < 4.78 is 7.68. The van der Waals surface area contributed by atoms with Crippen molar-refractivity contribution < 1.29 is 19.1 Å². The molecule has 0 spiro atoms. The SMILES string of the molecule is CCOc1ccc(-c2n[nH]c(=S)n2CCC(=O)Nc2cccc(CN3C(=O)CNC3=O)c2)cc1. The monoisotopic (exact) mass is 480 g/mol. The first-order valence-electron chi connectivity index (χ1n) is 10.8. The van der Waals surface area contributed by atoms with E-state index in [2.05, 4.69) is 20.8 Å². The van der Waals surface area contributed by atoms with Crippen LogP contribution >= 0.6 is 12.2 Å². The number of ether oxygens (including phenoxy) is 1. The highest BCUT2D eigenvalue weighted by atomic mass is 32.1. The Labute approximate surface area is 200 Å². The van der Waals surface area contributed by atoms with E-state index in [1.807, 2.05) is 31.2 Å². The maximum atomic E-state index is 12.6. The van der Waals surface area contributed by atoms with Gasteiger partial charge in [-0.15, -0.1) is 0 Å². The Hall–Kier alpha value is -3.99. The summed E-state index contributed by atoms with van der Waals surface area (Å²) in [5.41, 5.74) is 2.17. The fourth-order valence-electron chi connectivity index (χ4n) is 3.59. The van der Waals surface area contributed by atoms with Gasteiger partial charge in [0.05, 0.1) is 19.7 Å². The van der Waals surface area contributed by atoms with Crippen molar-refractivity contribution >= 4 is 35.8 Å². The molecular weight excluding hydrogens is 456 g/mol. The van der Waals surface area contributed by atoms with Crippen LogP contribution in [0.4, 0.5) is 10.5 Å². The predicted octanol–water partition coefficient (Wildman–Crippen LogP) is 3.09. The Balaban J connectivity index is 1.38. The molecule has 3 N–H and O–H groups in total. The third-order valence-electron chi connectivity index (χ3n) is 5.23. The Kier molecular flexibility index (Phi) is 7.02. The quantitative estimate of drug-likeness (QED) is 0.320. The molecule has 34 heavy (non-hydrogen) atoms. The van der Waals surface area contributed by atoms with E-state index >= 15 is 0 Å². The van der Waals surface area contributed by atoms with E-state index in [4.69, 9.17) is 17.0 Å². The van der Waals surface area contributed by atoms with Crippen molar-refractivity contribution in [1.82, 2.24) is 25.0 Å². The third kappa shape index (κ3) is 5.31. The largest absolute Gasteiger partial charge is 0.494 e. The number of H-pyrrole nitrogens is 1. The molecule has 11 heteroatoms. The Morgan fingerprint density at radius 3 is 2.71 bits per heavy atom. The first-order valence-corrected chi connectivity index (χ1v) is 11.2. The molecule has 4 rings (SSSR count). The van der Waals surface area contributed by atoms with Crippen molar-refractivity contribution in [3.05, 3.63) is 58.9 Å². The summed E-state index contributed by atoms with van der Waals surface area (Å²) >= 11 is 5.35. The predicted molar refractivity (Wildman–Crippen MR) is 128 cm³/mol. The van der Waals surface area contributed by atoms with E-state index in [1.54, 1.807) is 28.8 Å². The van der Waals surface area contributed by atoms with E-state index in [1.165, 1.54) is 0 Å². The smallest absolute Gasteiger partial charge is 0.324 e. The van der Waals surface area contributed by atoms with E-state index in [9.17, 15) is 14.4 Å². The maximum absolute atomic E-state index is 12.6. The molecule has 1 saturated heterocycles. The van der Waals surface area contributed by atoms with Crippen LogP contribution in [0.15, 0.2) is 48.5 Å². The van der Waals surface area contributed by atoms with Crippen LogP contribution in [0.5, 0.6) is 5.75 Å². The van der Waals surface area contributed by atoms with Crippen molar-refractivity contribution in [2.45, 2.75) is 26.4 Å². The minimum Gasteiger partial charge on any atom is -0.494 e. The highest BCUT2D eigenvalue weighted by molar-refractivity contribution is 7.71. The minimum absolute atomic E-state index is 0.00440. The molecule has 3 aromatic rings. The number of nitrogens with zero attached hydrogens (tertiary/aromatic N) is 3. The van der Waals surface area contributed by atoms with Gasteiger partial charge < -0.3 is 15.4 Å². The average molecular weight is 481 g/mol. The number of carbonyl (C=O) groups excluding carboxylic acids is 3. The second-order valence-electron chi connectivity index (χ2n) is 7.60. The van der Waals surface area contributed by atoms with Crippen LogP contribution in [-0.2, 0) is 22.7 Å². The topological polar surface area (TPSA) is 121 Å². The summed E-state index contributed by atoms with van der Waals surface area (Å²) in [4.78, 5) is 37.3. The number of hydrogen-bond donors (Lipinski definition) is 3. The Morgan fingerprint density at radius 1 is 1.21 bits per heavy atom. The number of aromatic nitrogens is 3. The molecular formula is C23H24N6O4S. The number of carbonyl (C=O) groups is 3. The number of aromatic amines is 1. The zero-order valence-corrected chi connectivity index (χ0v) is 19.4. The standard InChI is InChI=1S/C23H24N6O4S/c1-2-33-18-8-6-16(7-9-18)21-26-27-23(34)28(21)11-10-19(30)25-17-5-3-4-15(12-17)14-29-20(31)13-24-22(29)32/h3-9,12H,2,10-11,13-14H2,1H3,(H,24,32)(H,25,30)(H,27,34). The van der Waals surface area contributed by atoms with E-state index in [-0.39, 0.29) is 31.3 Å². The average Bonchev–Trinajstić information content (AvgIpc) is 3.35. The third-order valence-corrected chi connectivity index (χ3v) is 5.54. The van der Waals surface area contributed by atoms with E-state index in [0.717, 1.165) is 21.8 Å². The van der Waals surface area contributed by atoms with Gasteiger partial charge in [-0.25, -0.2) is 4.79 Å². The van der Waals surface area contributed by atoms with Crippen molar-refractivity contribution in [3.8, 4) is 17.1 Å². The lowest BCUT2D eigenvalue weighted by molar-refractivity contribution is -0.125. The van der Waals surface area contributed by atoms with Crippen LogP contribution < -0.4 is 15.4 Å². The molecule has 10 nitrogen and oxygen atoms in total. The van der Waals surface area contributed by atoms with Crippen LogP contribution in [0.25, 0.3) is 11.4 Å². The summed E-state index contributed by atoms with van der Waals surface area (Å²) in [6.07, 6.45) is 0.176.